The Kier molecular flexibility index (Phi) is 4.54. The molecule has 6 nitrogen and oxygen atoms in total. The molecule has 1 saturated carbocycles. The summed E-state index contributed by atoms with van der Waals surface area (Å²) in [4.78, 5) is 24.0. The van der Waals surface area contributed by atoms with Crippen LogP contribution in [0.15, 0.2) is 35.4 Å². The summed E-state index contributed by atoms with van der Waals surface area (Å²) in [6.45, 7) is 6.56. The van der Waals surface area contributed by atoms with E-state index in [1.54, 1.807) is 0 Å². The molecule has 1 amide bonds. The van der Waals surface area contributed by atoms with Gasteiger partial charge in [0.2, 0.25) is 5.91 Å². The Hall–Kier alpha value is -2.37. The molecular formula is C19H26N4O2. The molecule has 0 bridgehead atoms. The van der Waals surface area contributed by atoms with Crippen molar-refractivity contribution in [1.82, 2.24) is 20.1 Å². The van der Waals surface area contributed by atoms with E-state index < -0.39 is 0 Å². The highest BCUT2D eigenvalue weighted by Crippen LogP contribution is 2.39. The van der Waals surface area contributed by atoms with Crippen molar-refractivity contribution in [2.75, 3.05) is 0 Å². The van der Waals surface area contributed by atoms with Gasteiger partial charge in [-0.05, 0) is 29.4 Å². The van der Waals surface area contributed by atoms with Crippen LogP contribution < -0.4 is 11.0 Å². The third-order valence-electron chi connectivity index (χ3n) is 5.07. The first kappa shape index (κ1) is 17.5. The minimum absolute atomic E-state index is 0.0167. The Morgan fingerprint density at radius 1 is 1.24 bits per heavy atom. The van der Waals surface area contributed by atoms with Gasteiger partial charge in [0.05, 0.1) is 5.54 Å². The number of rotatable bonds is 4. The zero-order chi connectivity index (χ0) is 18.1. The molecule has 2 aromatic rings. The van der Waals surface area contributed by atoms with Gasteiger partial charge in [0.25, 0.3) is 0 Å². The lowest BCUT2D eigenvalue weighted by atomic mass is 9.83. The highest BCUT2D eigenvalue weighted by atomic mass is 16.2. The van der Waals surface area contributed by atoms with E-state index in [0.29, 0.717) is 0 Å². The fourth-order valence-corrected chi connectivity index (χ4v) is 3.60. The summed E-state index contributed by atoms with van der Waals surface area (Å²) in [5.74, 6) is -0.162. The van der Waals surface area contributed by atoms with Crippen LogP contribution >= 0.6 is 0 Å². The molecular weight excluding hydrogens is 316 g/mol. The first-order valence-electron chi connectivity index (χ1n) is 8.82. The third kappa shape index (κ3) is 3.67. The summed E-state index contributed by atoms with van der Waals surface area (Å²) in [5, 5.41) is 9.16. The van der Waals surface area contributed by atoms with Crippen molar-refractivity contribution in [3.05, 3.63) is 52.2 Å². The summed E-state index contributed by atoms with van der Waals surface area (Å²) in [7, 11) is 0. The molecule has 6 heteroatoms. The van der Waals surface area contributed by atoms with Gasteiger partial charge in [-0.2, -0.15) is 5.10 Å². The molecule has 2 N–H and O–H groups in total. The Morgan fingerprint density at radius 3 is 2.40 bits per heavy atom. The van der Waals surface area contributed by atoms with E-state index in [0.717, 1.165) is 31.2 Å². The van der Waals surface area contributed by atoms with Crippen molar-refractivity contribution < 1.29 is 4.79 Å². The number of aromatic nitrogens is 3. The lowest BCUT2D eigenvalue weighted by Crippen LogP contribution is -2.45. The monoisotopic (exact) mass is 342 g/mol. The van der Waals surface area contributed by atoms with Gasteiger partial charge in [0.15, 0.2) is 0 Å². The van der Waals surface area contributed by atoms with E-state index in [9.17, 15) is 9.59 Å². The number of carbonyl (C=O) groups is 1. The maximum absolute atomic E-state index is 12.5. The number of nitrogens with one attached hydrogen (secondary N) is 2. The topological polar surface area (TPSA) is 79.8 Å². The average Bonchev–Trinajstić information content (AvgIpc) is 3.17. The summed E-state index contributed by atoms with van der Waals surface area (Å²) in [6.07, 6.45) is 5.38. The van der Waals surface area contributed by atoms with Crippen molar-refractivity contribution in [1.29, 1.82) is 0 Å². The van der Waals surface area contributed by atoms with Gasteiger partial charge in [-0.25, -0.2) is 9.89 Å². The van der Waals surface area contributed by atoms with Crippen molar-refractivity contribution in [2.45, 2.75) is 64.0 Å². The van der Waals surface area contributed by atoms with Crippen LogP contribution in [0.5, 0.6) is 0 Å². The van der Waals surface area contributed by atoms with Crippen molar-refractivity contribution in [3.63, 3.8) is 0 Å². The molecule has 0 aliphatic heterocycles. The van der Waals surface area contributed by atoms with E-state index in [2.05, 4.69) is 60.6 Å². The molecule has 1 aliphatic rings. The van der Waals surface area contributed by atoms with Crippen LogP contribution in [-0.2, 0) is 22.3 Å². The fourth-order valence-electron chi connectivity index (χ4n) is 3.60. The second-order valence-corrected chi connectivity index (χ2v) is 7.95. The number of nitrogens with zero attached hydrogens (tertiary/aromatic N) is 2. The Labute approximate surface area is 147 Å². The first-order valence-corrected chi connectivity index (χ1v) is 8.82. The molecule has 1 fully saturated rings. The zero-order valence-electron chi connectivity index (χ0n) is 15.1. The minimum atomic E-state index is -0.370. The van der Waals surface area contributed by atoms with Gasteiger partial charge in [-0.1, -0.05) is 57.9 Å². The van der Waals surface area contributed by atoms with E-state index in [1.807, 2.05) is 0 Å². The zero-order valence-corrected chi connectivity index (χ0v) is 15.1. The molecule has 0 radical (unpaired) electrons. The summed E-state index contributed by atoms with van der Waals surface area (Å²) >= 11 is 0. The maximum Gasteiger partial charge on any atom is 0.343 e. The lowest BCUT2D eigenvalue weighted by molar-refractivity contribution is -0.123. The highest BCUT2D eigenvalue weighted by molar-refractivity contribution is 5.77. The van der Waals surface area contributed by atoms with Gasteiger partial charge in [0.1, 0.15) is 12.9 Å². The highest BCUT2D eigenvalue weighted by Gasteiger charge is 2.37. The number of carbonyl (C=O) groups excluding carboxylic acids is 1. The molecule has 134 valence electrons. The first-order chi connectivity index (χ1) is 11.8. The SMILES string of the molecule is CC(C)(C)c1ccc(C2(NC(=O)Cn3cn[nH]c3=O)CCCC2)cc1. The number of hydrogen-bond acceptors (Lipinski definition) is 3. The van der Waals surface area contributed by atoms with E-state index in [4.69, 9.17) is 0 Å². The van der Waals surface area contributed by atoms with E-state index in [-0.39, 0.29) is 29.1 Å². The number of aromatic amines is 1. The largest absolute Gasteiger partial charge is 0.345 e. The average molecular weight is 342 g/mol. The van der Waals surface area contributed by atoms with Gasteiger partial charge < -0.3 is 5.32 Å². The van der Waals surface area contributed by atoms with Crippen LogP contribution in [-0.4, -0.2) is 20.7 Å². The molecule has 0 unspecified atom stereocenters. The molecule has 1 aromatic heterocycles. The number of hydrogen-bond donors (Lipinski definition) is 2. The van der Waals surface area contributed by atoms with Crippen molar-refractivity contribution >= 4 is 5.91 Å². The summed E-state index contributed by atoms with van der Waals surface area (Å²) < 4.78 is 1.28. The minimum Gasteiger partial charge on any atom is -0.345 e. The van der Waals surface area contributed by atoms with E-state index in [1.165, 1.54) is 16.5 Å². The number of amides is 1. The molecule has 0 spiro atoms. The standard InChI is InChI=1S/C19H26N4O2/c1-18(2,3)14-6-8-15(9-7-14)19(10-4-5-11-19)21-16(24)12-23-13-20-22-17(23)25/h6-9,13H,4-5,10-12H2,1-3H3,(H,21,24)(H,22,25). The summed E-state index contributed by atoms with van der Waals surface area (Å²) in [6, 6.07) is 8.58. The Morgan fingerprint density at radius 2 is 1.88 bits per heavy atom. The second-order valence-electron chi connectivity index (χ2n) is 7.95. The third-order valence-corrected chi connectivity index (χ3v) is 5.07. The van der Waals surface area contributed by atoms with Gasteiger partial charge in [-0.15, -0.1) is 0 Å². The van der Waals surface area contributed by atoms with Gasteiger partial charge in [0, 0.05) is 0 Å². The van der Waals surface area contributed by atoms with Crippen LogP contribution in [0.1, 0.15) is 57.6 Å². The van der Waals surface area contributed by atoms with Gasteiger partial charge in [-0.3, -0.25) is 9.36 Å². The van der Waals surface area contributed by atoms with Crippen molar-refractivity contribution in [2.24, 2.45) is 0 Å². The molecule has 0 atom stereocenters. The molecule has 0 saturated heterocycles. The van der Waals surface area contributed by atoms with Crippen LogP contribution in [0.3, 0.4) is 0 Å². The molecule has 1 aliphatic carbocycles. The molecule has 3 rings (SSSR count). The van der Waals surface area contributed by atoms with Crippen LogP contribution in [0.25, 0.3) is 0 Å². The molecule has 25 heavy (non-hydrogen) atoms. The maximum atomic E-state index is 12.5. The number of H-pyrrole nitrogens is 1. The van der Waals surface area contributed by atoms with Crippen molar-refractivity contribution in [3.8, 4) is 0 Å². The number of benzene rings is 1. The van der Waals surface area contributed by atoms with Crippen LogP contribution in [0.2, 0.25) is 0 Å². The summed E-state index contributed by atoms with van der Waals surface area (Å²) in [5.41, 5.74) is 1.82. The lowest BCUT2D eigenvalue weighted by Gasteiger charge is -2.32. The molecule has 1 aromatic carbocycles. The predicted octanol–water partition coefficient (Wildman–Crippen LogP) is 2.45. The van der Waals surface area contributed by atoms with Crippen LogP contribution in [0.4, 0.5) is 0 Å². The Bertz CT molecular complexity index is 790. The quantitative estimate of drug-likeness (QED) is 0.896. The predicted molar refractivity (Wildman–Crippen MR) is 96.3 cm³/mol. The fraction of sp³-hybridized carbons (Fsp3) is 0.526. The Balaban J connectivity index is 1.81. The normalized spacial score (nSPS) is 16.8. The van der Waals surface area contributed by atoms with Gasteiger partial charge >= 0.3 is 5.69 Å². The van der Waals surface area contributed by atoms with Crippen LogP contribution in [0, 0.1) is 0 Å². The smallest absolute Gasteiger partial charge is 0.343 e. The van der Waals surface area contributed by atoms with E-state index >= 15 is 0 Å². The molecule has 1 heterocycles. The second kappa shape index (κ2) is 6.50.